The molecular weight excluding hydrogens is 294 g/mol. The van der Waals surface area contributed by atoms with Crippen LogP contribution in [-0.4, -0.2) is 13.6 Å². The van der Waals surface area contributed by atoms with Gasteiger partial charge in [-0.2, -0.15) is 0 Å². The molecule has 0 unspecified atom stereocenters. The summed E-state index contributed by atoms with van der Waals surface area (Å²) in [5, 5.41) is 3.88. The Kier molecular flexibility index (Phi) is 2.29. The molecule has 0 amide bonds. The van der Waals surface area contributed by atoms with E-state index >= 15 is 0 Å². The van der Waals surface area contributed by atoms with E-state index in [0.717, 1.165) is 0 Å². The SMILES string of the molecule is O=S(=O)(Cl)c1ccc(Br)c2oncc12. The molecule has 0 saturated heterocycles. The highest BCUT2D eigenvalue weighted by Gasteiger charge is 2.17. The van der Waals surface area contributed by atoms with Crippen LogP contribution in [0.15, 0.2) is 32.2 Å². The van der Waals surface area contributed by atoms with E-state index in [0.29, 0.717) is 15.4 Å². The average molecular weight is 297 g/mol. The number of fused-ring (bicyclic) bond motifs is 1. The molecule has 0 aliphatic carbocycles. The molecule has 2 rings (SSSR count). The average Bonchev–Trinajstić information content (AvgIpc) is 2.50. The second-order valence-electron chi connectivity index (χ2n) is 2.55. The minimum absolute atomic E-state index is 0.00128. The molecule has 14 heavy (non-hydrogen) atoms. The summed E-state index contributed by atoms with van der Waals surface area (Å²) in [6.07, 6.45) is 1.31. The van der Waals surface area contributed by atoms with Gasteiger partial charge in [-0.15, -0.1) is 0 Å². The number of benzene rings is 1. The molecule has 1 heterocycles. The Morgan fingerprint density at radius 2 is 2.14 bits per heavy atom. The summed E-state index contributed by atoms with van der Waals surface area (Å²) in [7, 11) is 1.47. The van der Waals surface area contributed by atoms with E-state index in [1.807, 2.05) is 0 Å². The molecule has 0 saturated carbocycles. The van der Waals surface area contributed by atoms with Gasteiger partial charge in [0.1, 0.15) is 0 Å². The van der Waals surface area contributed by atoms with Crippen molar-refractivity contribution in [2.75, 3.05) is 0 Å². The zero-order valence-electron chi connectivity index (χ0n) is 6.57. The van der Waals surface area contributed by atoms with E-state index in [1.54, 1.807) is 6.07 Å². The van der Waals surface area contributed by atoms with Crippen LogP contribution < -0.4 is 0 Å². The summed E-state index contributed by atoms with van der Waals surface area (Å²) in [5.41, 5.74) is 0.367. The third-order valence-corrected chi connectivity index (χ3v) is 3.70. The molecule has 0 spiro atoms. The standard InChI is InChI=1S/C7H3BrClNO3S/c8-5-1-2-6(14(9,11)12)4-3-10-13-7(4)5/h1-3H. The quantitative estimate of drug-likeness (QED) is 0.759. The molecule has 4 nitrogen and oxygen atoms in total. The van der Waals surface area contributed by atoms with Crippen molar-refractivity contribution >= 4 is 46.6 Å². The lowest BCUT2D eigenvalue weighted by Gasteiger charge is -1.97. The number of halogens is 2. The van der Waals surface area contributed by atoms with Crippen LogP contribution in [0, 0.1) is 0 Å². The zero-order chi connectivity index (χ0) is 10.3. The first-order valence-corrected chi connectivity index (χ1v) is 6.58. The van der Waals surface area contributed by atoms with Crippen LogP contribution in [0.1, 0.15) is 0 Å². The fraction of sp³-hybridized carbons (Fsp3) is 0. The van der Waals surface area contributed by atoms with Crippen LogP contribution in [-0.2, 0) is 9.05 Å². The van der Waals surface area contributed by atoms with E-state index in [1.165, 1.54) is 12.3 Å². The molecule has 74 valence electrons. The molecular formula is C7H3BrClNO3S. The van der Waals surface area contributed by atoms with Gasteiger partial charge in [0, 0.05) is 10.7 Å². The van der Waals surface area contributed by atoms with Crippen LogP contribution in [0.4, 0.5) is 0 Å². The highest BCUT2D eigenvalue weighted by molar-refractivity contribution is 9.10. The number of hydrogen-bond donors (Lipinski definition) is 0. The van der Waals surface area contributed by atoms with Gasteiger partial charge in [-0.1, -0.05) is 5.16 Å². The van der Waals surface area contributed by atoms with E-state index < -0.39 is 9.05 Å². The minimum Gasteiger partial charge on any atom is -0.355 e. The molecule has 0 bridgehead atoms. The van der Waals surface area contributed by atoms with Crippen molar-refractivity contribution in [3.05, 3.63) is 22.8 Å². The van der Waals surface area contributed by atoms with Crippen molar-refractivity contribution in [1.82, 2.24) is 5.16 Å². The van der Waals surface area contributed by atoms with Crippen LogP contribution in [0.2, 0.25) is 0 Å². The normalized spacial score (nSPS) is 12.1. The predicted octanol–water partition coefficient (Wildman–Crippen LogP) is 2.52. The highest BCUT2D eigenvalue weighted by Crippen LogP contribution is 2.30. The van der Waals surface area contributed by atoms with Gasteiger partial charge in [0.25, 0.3) is 9.05 Å². The Hall–Kier alpha value is -0.590. The van der Waals surface area contributed by atoms with Crippen molar-refractivity contribution < 1.29 is 12.9 Å². The summed E-state index contributed by atoms with van der Waals surface area (Å²) >= 11 is 3.21. The largest absolute Gasteiger partial charge is 0.355 e. The number of aromatic nitrogens is 1. The summed E-state index contributed by atoms with van der Waals surface area (Å²) < 4.78 is 27.8. The first kappa shape index (κ1) is 9.95. The molecule has 2 aromatic rings. The van der Waals surface area contributed by atoms with Gasteiger partial charge in [0.05, 0.1) is 21.0 Å². The zero-order valence-corrected chi connectivity index (χ0v) is 9.73. The lowest BCUT2D eigenvalue weighted by Crippen LogP contribution is -1.90. The van der Waals surface area contributed by atoms with Crippen molar-refractivity contribution in [1.29, 1.82) is 0 Å². The molecule has 0 fully saturated rings. The predicted molar refractivity (Wildman–Crippen MR) is 54.7 cm³/mol. The fourth-order valence-corrected chi connectivity index (χ4v) is 2.57. The van der Waals surface area contributed by atoms with E-state index in [-0.39, 0.29) is 4.90 Å². The molecule has 1 aromatic heterocycles. The van der Waals surface area contributed by atoms with Gasteiger partial charge in [-0.25, -0.2) is 8.42 Å². The fourth-order valence-electron chi connectivity index (χ4n) is 1.11. The van der Waals surface area contributed by atoms with Gasteiger partial charge < -0.3 is 4.52 Å². The third kappa shape index (κ3) is 1.53. The Bertz CT molecular complexity index is 592. The summed E-state index contributed by atoms with van der Waals surface area (Å²) in [5.74, 6) is 0. The third-order valence-electron chi connectivity index (χ3n) is 1.70. The lowest BCUT2D eigenvalue weighted by molar-refractivity contribution is 0.455. The molecule has 1 aromatic carbocycles. The monoisotopic (exact) mass is 295 g/mol. The van der Waals surface area contributed by atoms with Crippen molar-refractivity contribution in [2.45, 2.75) is 4.90 Å². The van der Waals surface area contributed by atoms with Crippen molar-refractivity contribution in [3.63, 3.8) is 0 Å². The molecule has 0 aliphatic rings. The first-order valence-electron chi connectivity index (χ1n) is 3.47. The van der Waals surface area contributed by atoms with Gasteiger partial charge in [-0.05, 0) is 28.1 Å². The Balaban J connectivity index is 2.93. The van der Waals surface area contributed by atoms with Crippen molar-refractivity contribution in [2.24, 2.45) is 0 Å². The molecule has 7 heteroatoms. The Morgan fingerprint density at radius 3 is 2.79 bits per heavy atom. The smallest absolute Gasteiger partial charge is 0.262 e. The Labute approximate surface area is 92.4 Å². The maximum absolute atomic E-state index is 11.1. The van der Waals surface area contributed by atoms with E-state index in [2.05, 4.69) is 21.1 Å². The van der Waals surface area contributed by atoms with Gasteiger partial charge in [0.15, 0.2) is 5.58 Å². The summed E-state index contributed by atoms with van der Waals surface area (Å²) in [4.78, 5) is -0.00128. The molecule has 0 radical (unpaired) electrons. The number of rotatable bonds is 1. The van der Waals surface area contributed by atoms with Crippen LogP contribution in [0.5, 0.6) is 0 Å². The van der Waals surface area contributed by atoms with Gasteiger partial charge >= 0.3 is 0 Å². The lowest BCUT2D eigenvalue weighted by atomic mass is 10.3. The summed E-state index contributed by atoms with van der Waals surface area (Å²) in [6.45, 7) is 0. The van der Waals surface area contributed by atoms with Crippen LogP contribution >= 0.6 is 26.6 Å². The van der Waals surface area contributed by atoms with Gasteiger partial charge in [-0.3, -0.25) is 0 Å². The number of hydrogen-bond acceptors (Lipinski definition) is 4. The highest BCUT2D eigenvalue weighted by atomic mass is 79.9. The van der Waals surface area contributed by atoms with Crippen LogP contribution in [0.25, 0.3) is 11.0 Å². The van der Waals surface area contributed by atoms with E-state index in [9.17, 15) is 8.42 Å². The maximum Gasteiger partial charge on any atom is 0.262 e. The Morgan fingerprint density at radius 1 is 1.43 bits per heavy atom. The molecule has 0 atom stereocenters. The first-order chi connectivity index (χ1) is 6.50. The maximum atomic E-state index is 11.1. The second-order valence-corrected chi connectivity index (χ2v) is 5.94. The van der Waals surface area contributed by atoms with Gasteiger partial charge in [0.2, 0.25) is 0 Å². The number of nitrogens with zero attached hydrogens (tertiary/aromatic N) is 1. The molecule has 0 N–H and O–H groups in total. The van der Waals surface area contributed by atoms with Crippen LogP contribution in [0.3, 0.4) is 0 Å². The van der Waals surface area contributed by atoms with Crippen molar-refractivity contribution in [3.8, 4) is 0 Å². The summed E-state index contributed by atoms with van der Waals surface area (Å²) in [6, 6.07) is 2.94. The second kappa shape index (κ2) is 3.22. The minimum atomic E-state index is -3.76. The van der Waals surface area contributed by atoms with E-state index in [4.69, 9.17) is 15.2 Å². The topological polar surface area (TPSA) is 60.2 Å². The molecule has 0 aliphatic heterocycles.